The van der Waals surface area contributed by atoms with Crippen molar-refractivity contribution in [3.8, 4) is 0 Å². The Kier molecular flexibility index (Phi) is 9.06. The van der Waals surface area contributed by atoms with Crippen molar-refractivity contribution in [2.45, 2.75) is 53.0 Å². The van der Waals surface area contributed by atoms with Crippen LogP contribution in [0.5, 0.6) is 0 Å². The Hall–Kier alpha value is -2.66. The number of nitrogens with one attached hydrogen (secondary N) is 2. The molecule has 0 unspecified atom stereocenters. The Morgan fingerprint density at radius 1 is 0.900 bits per heavy atom. The van der Waals surface area contributed by atoms with Gasteiger partial charge in [0.25, 0.3) is 5.91 Å². The van der Waals surface area contributed by atoms with Gasteiger partial charge in [0.1, 0.15) is 6.04 Å². The van der Waals surface area contributed by atoms with Gasteiger partial charge in [-0.2, -0.15) is 0 Å². The zero-order valence-corrected chi connectivity index (χ0v) is 18.9. The van der Waals surface area contributed by atoms with Gasteiger partial charge in [0.05, 0.1) is 6.54 Å². The second-order valence-electron chi connectivity index (χ2n) is 8.37. The number of carbonyl (C=O) groups is 2. The number of nitrogens with two attached hydrogens (primary N) is 1. The predicted octanol–water partition coefficient (Wildman–Crippen LogP) is 3.39. The van der Waals surface area contributed by atoms with Gasteiger partial charge in [0.15, 0.2) is 6.54 Å². The molecule has 0 fully saturated rings. The van der Waals surface area contributed by atoms with E-state index < -0.39 is 0 Å². The zero-order valence-electron chi connectivity index (χ0n) is 18.9. The molecule has 1 atom stereocenters. The topological polar surface area (TPSA) is 74.8 Å². The first-order valence-electron chi connectivity index (χ1n) is 10.9. The molecule has 0 saturated carbocycles. The normalized spacial score (nSPS) is 12.1. The Morgan fingerprint density at radius 3 is 2.13 bits per heavy atom. The summed E-state index contributed by atoms with van der Waals surface area (Å²) in [6, 6.07) is 16.6. The minimum Gasteiger partial charge on any atom is -0.342 e. The molecule has 0 aliphatic carbocycles. The number of aryl methyl sites for hydroxylation is 1. The first-order valence-corrected chi connectivity index (χ1v) is 10.9. The molecule has 30 heavy (non-hydrogen) atoms. The van der Waals surface area contributed by atoms with Crippen LogP contribution < -0.4 is 16.0 Å². The van der Waals surface area contributed by atoms with E-state index in [1.54, 1.807) is 0 Å². The van der Waals surface area contributed by atoms with Crippen molar-refractivity contribution in [2.24, 2.45) is 5.92 Å². The fraction of sp³-hybridized carbons (Fsp3) is 0.440. The van der Waals surface area contributed by atoms with Crippen LogP contribution in [0.4, 0.5) is 5.69 Å². The number of rotatable bonds is 10. The van der Waals surface area contributed by atoms with Crippen LogP contribution >= 0.6 is 0 Å². The molecular formula is C25H36N3O2+. The molecule has 162 valence electrons. The fourth-order valence-corrected chi connectivity index (χ4v) is 3.53. The van der Waals surface area contributed by atoms with Crippen LogP contribution in [0.25, 0.3) is 0 Å². The van der Waals surface area contributed by atoms with Gasteiger partial charge in [-0.05, 0) is 29.5 Å². The van der Waals surface area contributed by atoms with Crippen molar-refractivity contribution in [1.82, 2.24) is 5.32 Å². The Bertz CT molecular complexity index is 829. The van der Waals surface area contributed by atoms with Crippen molar-refractivity contribution < 1.29 is 14.9 Å². The highest BCUT2D eigenvalue weighted by molar-refractivity contribution is 5.95. The van der Waals surface area contributed by atoms with E-state index in [2.05, 4.69) is 67.9 Å². The van der Waals surface area contributed by atoms with Crippen molar-refractivity contribution in [1.29, 1.82) is 0 Å². The van der Waals surface area contributed by atoms with Crippen molar-refractivity contribution in [3.05, 3.63) is 65.2 Å². The van der Waals surface area contributed by atoms with Crippen molar-refractivity contribution in [3.63, 3.8) is 0 Å². The maximum absolute atomic E-state index is 12.3. The molecule has 5 heteroatoms. The number of hydrogen-bond donors (Lipinski definition) is 3. The molecule has 0 aliphatic heterocycles. The van der Waals surface area contributed by atoms with Gasteiger partial charge in [0, 0.05) is 17.2 Å². The lowest BCUT2D eigenvalue weighted by molar-refractivity contribution is -0.692. The van der Waals surface area contributed by atoms with Gasteiger partial charge in [-0.15, -0.1) is 0 Å². The average molecular weight is 411 g/mol. The minimum atomic E-state index is -0.214. The van der Waals surface area contributed by atoms with Gasteiger partial charge >= 0.3 is 0 Å². The van der Waals surface area contributed by atoms with Crippen LogP contribution in [0.15, 0.2) is 48.5 Å². The molecule has 0 spiro atoms. The summed E-state index contributed by atoms with van der Waals surface area (Å²) < 4.78 is 0. The molecule has 0 aromatic heterocycles. The van der Waals surface area contributed by atoms with E-state index in [4.69, 9.17) is 0 Å². The van der Waals surface area contributed by atoms with Gasteiger partial charge in [-0.3, -0.25) is 9.59 Å². The summed E-state index contributed by atoms with van der Waals surface area (Å²) in [5.74, 6) is 0.533. The maximum atomic E-state index is 12.3. The molecule has 4 N–H and O–H groups in total. The van der Waals surface area contributed by atoms with E-state index in [0.29, 0.717) is 11.8 Å². The summed E-state index contributed by atoms with van der Waals surface area (Å²) in [5, 5.41) is 7.65. The molecule has 5 nitrogen and oxygen atoms in total. The number of para-hydroxylation sites is 1. The van der Waals surface area contributed by atoms with Gasteiger partial charge in [-0.25, -0.2) is 0 Å². The average Bonchev–Trinajstić information content (AvgIpc) is 2.73. The first kappa shape index (κ1) is 23.6. The maximum Gasteiger partial charge on any atom is 0.275 e. The molecule has 0 aliphatic rings. The summed E-state index contributed by atoms with van der Waals surface area (Å²) in [6.45, 7) is 11.0. The lowest BCUT2D eigenvalue weighted by Crippen LogP contribution is -2.88. The monoisotopic (exact) mass is 410 g/mol. The number of quaternary nitrogens is 1. The third-order valence-corrected chi connectivity index (χ3v) is 5.38. The summed E-state index contributed by atoms with van der Waals surface area (Å²) in [4.78, 5) is 24.5. The van der Waals surface area contributed by atoms with Gasteiger partial charge in [-0.1, -0.05) is 77.1 Å². The summed E-state index contributed by atoms with van der Waals surface area (Å²) in [6.07, 6.45) is 0.840. The Morgan fingerprint density at radius 2 is 1.53 bits per heavy atom. The highest BCUT2D eigenvalue weighted by atomic mass is 16.2. The summed E-state index contributed by atoms with van der Waals surface area (Å²) in [5.41, 5.74) is 4.41. The van der Waals surface area contributed by atoms with Crippen LogP contribution in [-0.4, -0.2) is 24.9 Å². The number of anilines is 1. The second-order valence-corrected chi connectivity index (χ2v) is 8.37. The first-order chi connectivity index (χ1) is 14.3. The van der Waals surface area contributed by atoms with Crippen molar-refractivity contribution >= 4 is 17.5 Å². The number of carbonyl (C=O) groups excluding carboxylic acids is 2. The molecule has 2 rings (SSSR count). The Balaban J connectivity index is 1.85. The van der Waals surface area contributed by atoms with E-state index in [1.807, 2.05) is 31.2 Å². The van der Waals surface area contributed by atoms with Crippen LogP contribution in [0, 0.1) is 5.92 Å². The number of benzene rings is 2. The van der Waals surface area contributed by atoms with Crippen LogP contribution in [0.1, 0.15) is 63.3 Å². The molecular weight excluding hydrogens is 374 g/mol. The van der Waals surface area contributed by atoms with E-state index >= 15 is 0 Å². The SMILES string of the molecule is CCc1ccccc1NC(=O)CNC(=O)C[NH2+][C@@H](c1ccc(C(C)C)cc1)C(C)C. The lowest BCUT2D eigenvalue weighted by Gasteiger charge is -2.20. The smallest absolute Gasteiger partial charge is 0.275 e. The van der Waals surface area contributed by atoms with E-state index in [9.17, 15) is 9.59 Å². The molecule has 0 saturated heterocycles. The standard InChI is InChI=1S/C25H35N3O2/c1-6-19-9-7-8-10-22(19)28-24(30)16-26-23(29)15-27-25(18(4)5)21-13-11-20(12-14-21)17(2)3/h7-14,17-18,25,27H,6,15-16H2,1-5H3,(H,26,29)(H,28,30)/p+1/t25-/m1/s1. The van der Waals surface area contributed by atoms with E-state index in [0.717, 1.165) is 17.7 Å². The zero-order chi connectivity index (χ0) is 22.1. The molecule has 0 radical (unpaired) electrons. The Labute approximate surface area is 180 Å². The number of hydrogen-bond acceptors (Lipinski definition) is 2. The van der Waals surface area contributed by atoms with Gasteiger partial charge in [0.2, 0.25) is 5.91 Å². The van der Waals surface area contributed by atoms with Crippen LogP contribution in [0.3, 0.4) is 0 Å². The fourth-order valence-electron chi connectivity index (χ4n) is 3.53. The minimum absolute atomic E-state index is 0.0276. The van der Waals surface area contributed by atoms with Gasteiger partial charge < -0.3 is 16.0 Å². The number of amides is 2. The summed E-state index contributed by atoms with van der Waals surface area (Å²) >= 11 is 0. The van der Waals surface area contributed by atoms with E-state index in [1.165, 1.54) is 11.1 Å². The third-order valence-electron chi connectivity index (χ3n) is 5.38. The second kappa shape index (κ2) is 11.5. The van der Waals surface area contributed by atoms with Crippen molar-refractivity contribution in [2.75, 3.05) is 18.4 Å². The lowest BCUT2D eigenvalue weighted by atomic mass is 9.93. The van der Waals surface area contributed by atoms with E-state index in [-0.39, 0.29) is 30.9 Å². The third kappa shape index (κ3) is 6.99. The molecule has 2 amide bonds. The largest absolute Gasteiger partial charge is 0.342 e. The molecule has 0 bridgehead atoms. The highest BCUT2D eigenvalue weighted by Crippen LogP contribution is 2.21. The predicted molar refractivity (Wildman–Crippen MR) is 122 cm³/mol. The molecule has 0 heterocycles. The molecule has 2 aromatic carbocycles. The quantitative estimate of drug-likeness (QED) is 0.562. The van der Waals surface area contributed by atoms with Crippen LogP contribution in [0.2, 0.25) is 0 Å². The molecule has 2 aromatic rings. The highest BCUT2D eigenvalue weighted by Gasteiger charge is 2.21. The van der Waals surface area contributed by atoms with Crippen LogP contribution in [-0.2, 0) is 16.0 Å². The summed E-state index contributed by atoms with van der Waals surface area (Å²) in [7, 11) is 0.